The van der Waals surface area contributed by atoms with Gasteiger partial charge in [-0.2, -0.15) is 0 Å². The third-order valence-corrected chi connectivity index (χ3v) is 4.61. The van der Waals surface area contributed by atoms with Gasteiger partial charge in [0.15, 0.2) is 0 Å². The molecule has 1 aliphatic rings. The van der Waals surface area contributed by atoms with Crippen molar-refractivity contribution < 1.29 is 19.3 Å². The minimum atomic E-state index is -0.901. The number of non-ortho nitro benzene ring substituents is 1. The summed E-state index contributed by atoms with van der Waals surface area (Å²) >= 11 is 0. The van der Waals surface area contributed by atoms with Crippen LogP contribution in [0.4, 0.5) is 22.7 Å². The van der Waals surface area contributed by atoms with E-state index in [2.05, 4.69) is 10.6 Å². The number of nitrogens with zero attached hydrogens (tertiary/aromatic N) is 2. The van der Waals surface area contributed by atoms with E-state index in [-0.39, 0.29) is 11.6 Å². The highest BCUT2D eigenvalue weighted by Gasteiger charge is 2.21. The van der Waals surface area contributed by atoms with Crippen molar-refractivity contribution in [3.8, 4) is 0 Å². The number of aryl methyl sites for hydroxylation is 1. The highest BCUT2D eigenvalue weighted by Crippen LogP contribution is 2.24. The maximum Gasteiger partial charge on any atom is 0.314 e. The van der Waals surface area contributed by atoms with Gasteiger partial charge < -0.3 is 15.5 Å². The molecule has 0 aromatic heterocycles. The van der Waals surface area contributed by atoms with E-state index < -0.39 is 16.7 Å². The Hall–Kier alpha value is -3.75. The minimum Gasteiger partial charge on any atom is -0.318 e. The van der Waals surface area contributed by atoms with Crippen LogP contribution in [0.1, 0.15) is 24.8 Å². The van der Waals surface area contributed by atoms with Gasteiger partial charge in [0.05, 0.1) is 4.92 Å². The molecule has 1 saturated heterocycles. The lowest BCUT2D eigenvalue weighted by atomic mass is 10.1. The van der Waals surface area contributed by atoms with Crippen LogP contribution in [0.25, 0.3) is 0 Å². The molecule has 29 heavy (non-hydrogen) atoms. The topological polar surface area (TPSA) is 122 Å². The number of hydrogen-bond acceptors (Lipinski definition) is 5. The van der Waals surface area contributed by atoms with Gasteiger partial charge in [-0.3, -0.25) is 24.5 Å². The number of amides is 3. The second kappa shape index (κ2) is 8.51. The fraction of sp³-hybridized carbons (Fsp3) is 0.250. The Morgan fingerprint density at radius 2 is 1.83 bits per heavy atom. The first kappa shape index (κ1) is 20.0. The maximum absolute atomic E-state index is 12.2. The standard InChI is InChI=1S/C20H20N4O5/c1-13-11-16(24(28)29)8-9-17(13)22-20(27)19(26)21-14-5-4-6-15(12-14)23-10-3-2-7-18(23)25/h4-6,8-9,11-12H,2-3,7,10H2,1H3,(H,21,26)(H,22,27). The summed E-state index contributed by atoms with van der Waals surface area (Å²) in [6, 6.07) is 10.7. The second-order valence-electron chi connectivity index (χ2n) is 6.72. The summed E-state index contributed by atoms with van der Waals surface area (Å²) in [7, 11) is 0. The predicted molar refractivity (Wildman–Crippen MR) is 108 cm³/mol. The average molecular weight is 396 g/mol. The van der Waals surface area contributed by atoms with Crippen LogP contribution < -0.4 is 15.5 Å². The van der Waals surface area contributed by atoms with Gasteiger partial charge in [0.25, 0.3) is 5.69 Å². The number of benzene rings is 2. The van der Waals surface area contributed by atoms with E-state index in [0.717, 1.165) is 12.8 Å². The molecule has 9 heteroatoms. The summed E-state index contributed by atoms with van der Waals surface area (Å²) in [6.07, 6.45) is 2.28. The molecule has 2 aromatic carbocycles. The molecule has 0 saturated carbocycles. The quantitative estimate of drug-likeness (QED) is 0.467. The molecule has 0 atom stereocenters. The summed E-state index contributed by atoms with van der Waals surface area (Å²) in [5, 5.41) is 15.7. The number of anilines is 3. The van der Waals surface area contributed by atoms with Gasteiger partial charge in [-0.1, -0.05) is 6.07 Å². The molecule has 0 aliphatic carbocycles. The normalized spacial score (nSPS) is 13.7. The highest BCUT2D eigenvalue weighted by molar-refractivity contribution is 6.43. The molecule has 2 aromatic rings. The van der Waals surface area contributed by atoms with Crippen LogP contribution in [0, 0.1) is 17.0 Å². The Bertz CT molecular complexity index is 989. The first-order valence-electron chi connectivity index (χ1n) is 9.13. The number of rotatable bonds is 4. The van der Waals surface area contributed by atoms with Crippen LogP contribution in [0.5, 0.6) is 0 Å². The third kappa shape index (κ3) is 4.75. The van der Waals surface area contributed by atoms with Gasteiger partial charge in [0, 0.05) is 42.2 Å². The highest BCUT2D eigenvalue weighted by atomic mass is 16.6. The van der Waals surface area contributed by atoms with E-state index in [4.69, 9.17) is 0 Å². The monoisotopic (exact) mass is 396 g/mol. The summed E-state index contributed by atoms with van der Waals surface area (Å²) in [4.78, 5) is 48.4. The summed E-state index contributed by atoms with van der Waals surface area (Å²) in [6.45, 7) is 2.22. The van der Waals surface area contributed by atoms with Crippen LogP contribution in [-0.4, -0.2) is 29.2 Å². The fourth-order valence-electron chi connectivity index (χ4n) is 3.10. The lowest BCUT2D eigenvalue weighted by Crippen LogP contribution is -2.35. The number of nitro groups is 1. The molecule has 0 radical (unpaired) electrons. The molecule has 0 bridgehead atoms. The van der Waals surface area contributed by atoms with Gasteiger partial charge in [0.2, 0.25) is 5.91 Å². The Morgan fingerprint density at radius 1 is 1.07 bits per heavy atom. The van der Waals surface area contributed by atoms with Crippen LogP contribution in [0.3, 0.4) is 0 Å². The maximum atomic E-state index is 12.2. The number of hydrogen-bond donors (Lipinski definition) is 2. The Balaban J connectivity index is 1.67. The van der Waals surface area contributed by atoms with Crippen molar-refractivity contribution in [2.75, 3.05) is 22.1 Å². The zero-order chi connectivity index (χ0) is 21.0. The van der Waals surface area contributed by atoms with Gasteiger partial charge >= 0.3 is 11.8 Å². The number of nitrogens with one attached hydrogen (secondary N) is 2. The van der Waals surface area contributed by atoms with E-state index in [1.807, 2.05) is 0 Å². The first-order valence-corrected chi connectivity index (χ1v) is 9.13. The van der Waals surface area contributed by atoms with Gasteiger partial charge in [-0.05, 0) is 49.6 Å². The molecule has 0 spiro atoms. The SMILES string of the molecule is Cc1cc([N+](=O)[O-])ccc1NC(=O)C(=O)Nc1cccc(N2CCCCC2=O)c1. The lowest BCUT2D eigenvalue weighted by Gasteiger charge is -2.27. The summed E-state index contributed by atoms with van der Waals surface area (Å²) in [5.74, 6) is -1.75. The second-order valence-corrected chi connectivity index (χ2v) is 6.72. The molecule has 150 valence electrons. The van der Waals surface area contributed by atoms with Crippen LogP contribution in [-0.2, 0) is 14.4 Å². The number of nitro benzene ring substituents is 1. The van der Waals surface area contributed by atoms with Crippen molar-refractivity contribution in [3.63, 3.8) is 0 Å². The first-order chi connectivity index (χ1) is 13.8. The van der Waals surface area contributed by atoms with Crippen molar-refractivity contribution in [2.24, 2.45) is 0 Å². The van der Waals surface area contributed by atoms with Gasteiger partial charge in [-0.25, -0.2) is 0 Å². The van der Waals surface area contributed by atoms with Crippen molar-refractivity contribution in [2.45, 2.75) is 26.2 Å². The molecule has 1 aliphatic heterocycles. The Kier molecular flexibility index (Phi) is 5.87. The average Bonchev–Trinajstić information content (AvgIpc) is 2.69. The lowest BCUT2D eigenvalue weighted by molar-refractivity contribution is -0.384. The number of piperidine rings is 1. The molecular formula is C20H20N4O5. The van der Waals surface area contributed by atoms with E-state index in [0.29, 0.717) is 35.6 Å². The smallest absolute Gasteiger partial charge is 0.314 e. The van der Waals surface area contributed by atoms with Crippen molar-refractivity contribution in [1.82, 2.24) is 0 Å². The van der Waals surface area contributed by atoms with Crippen LogP contribution in [0.2, 0.25) is 0 Å². The van der Waals surface area contributed by atoms with Gasteiger partial charge in [-0.15, -0.1) is 0 Å². The largest absolute Gasteiger partial charge is 0.318 e. The van der Waals surface area contributed by atoms with E-state index in [1.54, 1.807) is 36.1 Å². The molecular weight excluding hydrogens is 376 g/mol. The minimum absolute atomic E-state index is 0.0334. The predicted octanol–water partition coefficient (Wildman–Crippen LogP) is 3.00. The number of carbonyl (C=O) groups is 3. The third-order valence-electron chi connectivity index (χ3n) is 4.61. The number of carbonyl (C=O) groups excluding carboxylic acids is 3. The molecule has 3 amide bonds. The van der Waals surface area contributed by atoms with Crippen molar-refractivity contribution in [3.05, 3.63) is 58.1 Å². The molecule has 2 N–H and O–H groups in total. The van der Waals surface area contributed by atoms with Crippen LogP contribution >= 0.6 is 0 Å². The zero-order valence-electron chi connectivity index (χ0n) is 15.8. The van der Waals surface area contributed by atoms with Crippen LogP contribution in [0.15, 0.2) is 42.5 Å². The Labute approximate surface area is 166 Å². The van der Waals surface area contributed by atoms with E-state index in [9.17, 15) is 24.5 Å². The zero-order valence-corrected chi connectivity index (χ0v) is 15.8. The molecule has 0 unspecified atom stereocenters. The fourth-order valence-corrected chi connectivity index (χ4v) is 3.10. The molecule has 1 heterocycles. The van der Waals surface area contributed by atoms with Crippen molar-refractivity contribution in [1.29, 1.82) is 0 Å². The molecule has 3 rings (SSSR count). The summed E-state index contributed by atoms with van der Waals surface area (Å²) < 4.78 is 0. The van der Waals surface area contributed by atoms with Gasteiger partial charge in [0.1, 0.15) is 0 Å². The molecule has 9 nitrogen and oxygen atoms in total. The van der Waals surface area contributed by atoms with E-state index in [1.165, 1.54) is 18.2 Å². The molecule has 1 fully saturated rings. The Morgan fingerprint density at radius 3 is 2.52 bits per heavy atom. The van der Waals surface area contributed by atoms with E-state index >= 15 is 0 Å². The van der Waals surface area contributed by atoms with Crippen molar-refractivity contribution >= 4 is 40.5 Å². The summed E-state index contributed by atoms with van der Waals surface area (Å²) in [5.41, 5.74) is 1.73.